The number of aromatic amines is 1. The number of nitrogens with one attached hydrogen (secondary N) is 2. The fourth-order valence-corrected chi connectivity index (χ4v) is 1.91. The Balaban J connectivity index is 2.97. The van der Waals surface area contributed by atoms with Crippen LogP contribution in [0.25, 0.3) is 0 Å². The summed E-state index contributed by atoms with van der Waals surface area (Å²) >= 11 is 17.4. The number of hydrogen-bond acceptors (Lipinski definition) is 4. The van der Waals surface area contributed by atoms with Crippen LogP contribution in [0.2, 0.25) is 15.2 Å². The van der Waals surface area contributed by atoms with Gasteiger partial charge in [-0.3, -0.25) is 4.79 Å². The molecule has 0 unspecified atom stereocenters. The van der Waals surface area contributed by atoms with Crippen LogP contribution in [-0.2, 0) is 9.53 Å². The van der Waals surface area contributed by atoms with E-state index in [1.807, 2.05) is 0 Å². The number of anilines is 1. The molecule has 6 nitrogen and oxygen atoms in total. The molecule has 1 rings (SSSR count). The van der Waals surface area contributed by atoms with Crippen molar-refractivity contribution in [1.29, 1.82) is 0 Å². The quantitative estimate of drug-likeness (QED) is 0.644. The molecule has 1 aromatic rings. The number of esters is 1. The Kier molecular flexibility index (Phi) is 5.86. The molecule has 0 aromatic carbocycles. The van der Waals surface area contributed by atoms with Gasteiger partial charge in [0.15, 0.2) is 6.10 Å². The Hall–Kier alpha value is -1.24. The molecule has 1 atom stereocenters. The predicted molar refractivity (Wildman–Crippen MR) is 76.0 cm³/mol. The van der Waals surface area contributed by atoms with E-state index in [0.29, 0.717) is 6.54 Å². The highest BCUT2D eigenvalue weighted by molar-refractivity contribution is 6.45. The highest BCUT2D eigenvalue weighted by atomic mass is 35.5. The number of halogens is 3. The maximum Gasteiger partial charge on any atom is 0.406 e. The molecule has 0 aliphatic carbocycles. The Morgan fingerprint density at radius 2 is 1.95 bits per heavy atom. The van der Waals surface area contributed by atoms with E-state index < -0.39 is 18.0 Å². The van der Waals surface area contributed by atoms with Gasteiger partial charge in [-0.15, -0.1) is 0 Å². The molecule has 0 fully saturated rings. The van der Waals surface area contributed by atoms with Crippen molar-refractivity contribution < 1.29 is 19.3 Å². The lowest BCUT2D eigenvalue weighted by atomic mass is 10.3. The van der Waals surface area contributed by atoms with E-state index in [0.717, 1.165) is 0 Å². The van der Waals surface area contributed by atoms with Gasteiger partial charge in [0.05, 0.1) is 5.69 Å². The van der Waals surface area contributed by atoms with Crippen LogP contribution in [0.4, 0.5) is 5.69 Å². The Bertz CT molecular complexity index is 551. The molecule has 1 amide bonds. The number of likely N-dealkylation sites (N-methyl/N-ethyl adjacent to an activating group) is 1. The first kappa shape index (κ1) is 16.8. The fourth-order valence-electron chi connectivity index (χ4n) is 1.30. The highest BCUT2D eigenvalue weighted by Gasteiger charge is 2.29. The lowest BCUT2D eigenvalue weighted by Crippen LogP contribution is -2.36. The molecule has 1 aromatic heterocycles. The zero-order valence-corrected chi connectivity index (χ0v) is 13.0. The minimum Gasteiger partial charge on any atom is -0.445 e. The largest absolute Gasteiger partial charge is 0.445 e. The van der Waals surface area contributed by atoms with Crippen molar-refractivity contribution in [3.05, 3.63) is 20.9 Å². The number of carbonyl (C=O) groups is 2. The third-order valence-electron chi connectivity index (χ3n) is 2.33. The average molecular weight is 342 g/mol. The van der Waals surface area contributed by atoms with Crippen molar-refractivity contribution >= 4 is 52.4 Å². The third kappa shape index (κ3) is 3.65. The number of rotatable bonds is 4. The van der Waals surface area contributed by atoms with Gasteiger partial charge >= 0.3 is 11.7 Å². The van der Waals surface area contributed by atoms with Gasteiger partial charge in [-0.05, 0) is 25.4 Å². The predicted octanol–water partition coefficient (Wildman–Crippen LogP) is 1.72. The van der Waals surface area contributed by atoms with Crippen LogP contribution in [-0.4, -0.2) is 24.5 Å². The number of aromatic nitrogens is 1. The van der Waals surface area contributed by atoms with Crippen molar-refractivity contribution in [2.45, 2.75) is 20.0 Å². The third-order valence-corrected chi connectivity index (χ3v) is 3.49. The second kappa shape index (κ2) is 6.97. The maximum absolute atomic E-state index is 11.9. The molecule has 0 spiro atoms. The molecule has 4 N–H and O–H groups in total. The van der Waals surface area contributed by atoms with E-state index >= 15 is 0 Å². The lowest BCUT2D eigenvalue weighted by molar-refractivity contribution is -0.380. The topological polar surface area (TPSA) is 95.6 Å². The van der Waals surface area contributed by atoms with Crippen LogP contribution in [0.15, 0.2) is 0 Å². The zero-order valence-electron chi connectivity index (χ0n) is 10.7. The van der Waals surface area contributed by atoms with Crippen molar-refractivity contribution in [3.8, 4) is 0 Å². The van der Waals surface area contributed by atoms with Crippen LogP contribution in [0, 0.1) is 0 Å². The van der Waals surface area contributed by atoms with Gasteiger partial charge in [0.1, 0.15) is 10.0 Å². The lowest BCUT2D eigenvalue weighted by Gasteiger charge is -2.11. The number of pyridine rings is 1. The first-order valence-electron chi connectivity index (χ1n) is 5.63. The molecule has 20 heavy (non-hydrogen) atoms. The number of carbonyl (C=O) groups excluding carboxylic acids is 2. The minimum atomic E-state index is -0.984. The van der Waals surface area contributed by atoms with Crippen molar-refractivity contribution in [3.63, 3.8) is 0 Å². The Labute approximate surface area is 130 Å². The number of amides is 1. The normalized spacial score (nSPS) is 11.8. The first-order valence-corrected chi connectivity index (χ1v) is 6.76. The van der Waals surface area contributed by atoms with Gasteiger partial charge in [-0.2, -0.15) is 4.98 Å². The smallest absolute Gasteiger partial charge is 0.406 e. The second-order valence-corrected chi connectivity index (χ2v) is 4.93. The minimum absolute atomic E-state index is 0.00462. The van der Waals surface area contributed by atoms with Crippen molar-refractivity contribution in [1.82, 2.24) is 5.32 Å². The summed E-state index contributed by atoms with van der Waals surface area (Å²) in [5.74, 6) is -1.29. The van der Waals surface area contributed by atoms with Gasteiger partial charge in [-0.25, -0.2) is 4.79 Å². The molecule has 1 heterocycles. The van der Waals surface area contributed by atoms with Crippen LogP contribution in [0.3, 0.4) is 0 Å². The summed E-state index contributed by atoms with van der Waals surface area (Å²) < 4.78 is 4.96. The summed E-state index contributed by atoms with van der Waals surface area (Å²) in [6, 6.07) is 0. The van der Waals surface area contributed by atoms with Gasteiger partial charge < -0.3 is 15.8 Å². The van der Waals surface area contributed by atoms with Crippen LogP contribution >= 0.6 is 34.8 Å². The summed E-state index contributed by atoms with van der Waals surface area (Å²) in [5.41, 5.74) is 5.39. The summed E-state index contributed by atoms with van der Waals surface area (Å²) in [4.78, 5) is 25.9. The number of nitrogens with two attached hydrogens (primary N) is 1. The van der Waals surface area contributed by atoms with Crippen molar-refractivity contribution in [2.75, 3.05) is 12.3 Å². The SMILES string of the molecule is CCNC(=O)[C@H](C)OC(=O)c1[nH+]c(Cl)c(Cl)c(N)c1Cl. The molecule has 0 saturated carbocycles. The summed E-state index contributed by atoms with van der Waals surface area (Å²) in [6.07, 6.45) is -0.984. The van der Waals surface area contributed by atoms with E-state index in [2.05, 4.69) is 10.3 Å². The number of ether oxygens (including phenoxy) is 1. The summed E-state index contributed by atoms with van der Waals surface area (Å²) in [7, 11) is 0. The van der Waals surface area contributed by atoms with E-state index in [1.54, 1.807) is 6.92 Å². The Morgan fingerprint density at radius 1 is 1.35 bits per heavy atom. The molecular weight excluding hydrogens is 328 g/mol. The monoisotopic (exact) mass is 340 g/mol. The average Bonchev–Trinajstić information content (AvgIpc) is 2.40. The second-order valence-electron chi connectivity index (χ2n) is 3.80. The molecule has 0 aliphatic rings. The standard InChI is InChI=1S/C11H12Cl3N3O3/c1-3-16-10(18)4(2)20-11(19)8-5(12)7(15)6(13)9(14)17-8/h4H,3H2,1-2H3,(H2,15,17)(H,16,18)/p+1/t4-/m0/s1. The van der Waals surface area contributed by atoms with Gasteiger partial charge in [0, 0.05) is 6.54 Å². The maximum atomic E-state index is 11.9. The fraction of sp³-hybridized carbons (Fsp3) is 0.364. The molecule has 9 heteroatoms. The van der Waals surface area contributed by atoms with Crippen molar-refractivity contribution in [2.24, 2.45) is 0 Å². The molecule has 0 bridgehead atoms. The van der Waals surface area contributed by atoms with E-state index in [1.165, 1.54) is 6.92 Å². The number of nitrogen functional groups attached to an aromatic ring is 1. The molecule has 0 aliphatic heterocycles. The zero-order chi connectivity index (χ0) is 15.4. The Morgan fingerprint density at radius 3 is 2.50 bits per heavy atom. The van der Waals surface area contributed by atoms with Crippen LogP contribution < -0.4 is 16.0 Å². The van der Waals surface area contributed by atoms with Crippen LogP contribution in [0.1, 0.15) is 24.3 Å². The summed E-state index contributed by atoms with van der Waals surface area (Å²) in [5, 5.41) is 2.35. The van der Waals surface area contributed by atoms with Gasteiger partial charge in [0.2, 0.25) is 0 Å². The van der Waals surface area contributed by atoms with E-state index in [9.17, 15) is 9.59 Å². The number of H-pyrrole nitrogens is 1. The highest BCUT2D eigenvalue weighted by Crippen LogP contribution is 2.32. The van der Waals surface area contributed by atoms with Gasteiger partial charge in [0.25, 0.3) is 11.1 Å². The van der Waals surface area contributed by atoms with Crippen LogP contribution in [0.5, 0.6) is 0 Å². The van der Waals surface area contributed by atoms with Gasteiger partial charge in [-0.1, -0.05) is 23.2 Å². The summed E-state index contributed by atoms with van der Waals surface area (Å²) in [6.45, 7) is 3.60. The number of hydrogen-bond donors (Lipinski definition) is 2. The first-order chi connectivity index (χ1) is 9.29. The molecular formula is C11H13Cl3N3O3+. The molecule has 110 valence electrons. The molecule has 0 saturated heterocycles. The molecule has 0 radical (unpaired) electrons. The van der Waals surface area contributed by atoms with E-state index in [4.69, 9.17) is 45.3 Å². The van der Waals surface area contributed by atoms with E-state index in [-0.39, 0.29) is 26.6 Å².